The second-order valence-corrected chi connectivity index (χ2v) is 10.2. The van der Waals surface area contributed by atoms with Gasteiger partial charge in [-0.3, -0.25) is 4.79 Å². The first-order valence-electron chi connectivity index (χ1n) is 10.4. The fourth-order valence-electron chi connectivity index (χ4n) is 3.57. The Bertz CT molecular complexity index is 1030. The van der Waals surface area contributed by atoms with Gasteiger partial charge < -0.3 is 15.6 Å². The smallest absolute Gasteiger partial charge is 0.291 e. The van der Waals surface area contributed by atoms with Crippen molar-refractivity contribution in [2.45, 2.75) is 52.5 Å². The zero-order valence-electron chi connectivity index (χ0n) is 18.5. The summed E-state index contributed by atoms with van der Waals surface area (Å²) >= 11 is 2.35. The fraction of sp³-hybridized carbons (Fsp3) is 0.478. The number of H-pyrrole nitrogens is 1. The van der Waals surface area contributed by atoms with Gasteiger partial charge in [-0.05, 0) is 56.2 Å². The van der Waals surface area contributed by atoms with Gasteiger partial charge in [0.25, 0.3) is 5.91 Å². The van der Waals surface area contributed by atoms with Gasteiger partial charge in [0, 0.05) is 11.0 Å². The van der Waals surface area contributed by atoms with Crippen LogP contribution in [0.3, 0.4) is 0 Å². The molecule has 164 valence electrons. The Balaban J connectivity index is 1.97. The SMILES string of the molecule is CC1(C)CC=C(c2nc(C(C)(C)NCCI)ccc2NC(=O)c2ncc(C#N)[nH]2)CC1. The van der Waals surface area contributed by atoms with E-state index < -0.39 is 5.91 Å². The van der Waals surface area contributed by atoms with Crippen LogP contribution in [0.4, 0.5) is 5.69 Å². The van der Waals surface area contributed by atoms with Gasteiger partial charge in [0.1, 0.15) is 11.8 Å². The number of nitrogens with zero attached hydrogens (tertiary/aromatic N) is 3. The lowest BCUT2D eigenvalue weighted by molar-refractivity contribution is 0.101. The van der Waals surface area contributed by atoms with E-state index in [1.54, 1.807) is 0 Å². The topological polar surface area (TPSA) is 106 Å². The van der Waals surface area contributed by atoms with Crippen LogP contribution in [-0.4, -0.2) is 31.8 Å². The molecule has 0 radical (unpaired) electrons. The zero-order valence-corrected chi connectivity index (χ0v) is 20.6. The molecule has 0 bridgehead atoms. The minimum absolute atomic E-state index is 0.106. The number of carbonyl (C=O) groups excluding carboxylic acids is 1. The van der Waals surface area contributed by atoms with Crippen molar-refractivity contribution in [2.24, 2.45) is 5.41 Å². The summed E-state index contributed by atoms with van der Waals surface area (Å²) in [6.07, 6.45) is 6.55. The molecular weight excluding hydrogens is 503 g/mol. The molecule has 1 amide bonds. The number of halogens is 1. The Labute approximate surface area is 197 Å². The Morgan fingerprint density at radius 3 is 2.77 bits per heavy atom. The molecule has 0 saturated heterocycles. The highest BCUT2D eigenvalue weighted by Gasteiger charge is 2.27. The summed E-state index contributed by atoms with van der Waals surface area (Å²) in [7, 11) is 0. The Kier molecular flexibility index (Phi) is 7.17. The molecule has 3 rings (SSSR count). The van der Waals surface area contributed by atoms with Gasteiger partial charge in [-0.2, -0.15) is 5.26 Å². The predicted molar refractivity (Wildman–Crippen MR) is 131 cm³/mol. The van der Waals surface area contributed by atoms with E-state index in [1.807, 2.05) is 18.2 Å². The van der Waals surface area contributed by atoms with Crippen LogP contribution in [0.5, 0.6) is 0 Å². The van der Waals surface area contributed by atoms with Gasteiger partial charge in [-0.1, -0.05) is 42.5 Å². The van der Waals surface area contributed by atoms with Gasteiger partial charge >= 0.3 is 0 Å². The molecule has 2 aromatic heterocycles. The summed E-state index contributed by atoms with van der Waals surface area (Å²) in [6, 6.07) is 5.82. The molecule has 7 nitrogen and oxygen atoms in total. The molecule has 0 aromatic carbocycles. The van der Waals surface area contributed by atoms with Gasteiger partial charge in [0.15, 0.2) is 5.82 Å². The number of imidazole rings is 1. The van der Waals surface area contributed by atoms with Crippen molar-refractivity contribution in [3.8, 4) is 6.07 Å². The molecule has 0 unspecified atom stereocenters. The number of hydrogen-bond acceptors (Lipinski definition) is 5. The maximum atomic E-state index is 12.7. The first-order valence-corrected chi connectivity index (χ1v) is 12.0. The quantitative estimate of drug-likeness (QED) is 0.352. The van der Waals surface area contributed by atoms with Crippen LogP contribution in [0.15, 0.2) is 24.4 Å². The average molecular weight is 532 g/mol. The molecule has 8 heteroatoms. The van der Waals surface area contributed by atoms with Crippen LogP contribution < -0.4 is 10.6 Å². The molecule has 0 spiro atoms. The summed E-state index contributed by atoms with van der Waals surface area (Å²) in [5, 5.41) is 15.4. The van der Waals surface area contributed by atoms with Crippen molar-refractivity contribution in [3.63, 3.8) is 0 Å². The number of nitriles is 1. The molecule has 1 aliphatic rings. The Morgan fingerprint density at radius 1 is 1.39 bits per heavy atom. The minimum atomic E-state index is -0.392. The first-order chi connectivity index (χ1) is 14.6. The molecule has 0 fully saturated rings. The van der Waals surface area contributed by atoms with E-state index in [1.165, 1.54) is 6.20 Å². The number of aromatic nitrogens is 3. The molecule has 1 aliphatic carbocycles. The number of pyridine rings is 1. The highest BCUT2D eigenvalue weighted by atomic mass is 127. The number of carbonyl (C=O) groups is 1. The van der Waals surface area contributed by atoms with E-state index in [2.05, 4.69) is 77.0 Å². The number of aromatic amines is 1. The monoisotopic (exact) mass is 532 g/mol. The summed E-state index contributed by atoms with van der Waals surface area (Å²) < 4.78 is 1.01. The number of hydrogen-bond donors (Lipinski definition) is 3. The van der Waals surface area contributed by atoms with Crippen molar-refractivity contribution in [2.75, 3.05) is 16.3 Å². The van der Waals surface area contributed by atoms with E-state index in [0.29, 0.717) is 5.69 Å². The highest BCUT2D eigenvalue weighted by Crippen LogP contribution is 2.39. The number of rotatable bonds is 7. The second kappa shape index (κ2) is 9.49. The summed E-state index contributed by atoms with van der Waals surface area (Å²) in [4.78, 5) is 24.5. The predicted octanol–water partition coefficient (Wildman–Crippen LogP) is 4.78. The third kappa shape index (κ3) is 5.71. The molecule has 2 aromatic rings. The van der Waals surface area contributed by atoms with E-state index in [9.17, 15) is 4.79 Å². The Morgan fingerprint density at radius 2 is 2.16 bits per heavy atom. The third-order valence-electron chi connectivity index (χ3n) is 5.63. The lowest BCUT2D eigenvalue weighted by Crippen LogP contribution is -2.38. The van der Waals surface area contributed by atoms with Crippen LogP contribution in [0, 0.1) is 16.7 Å². The molecule has 0 saturated carbocycles. The molecule has 31 heavy (non-hydrogen) atoms. The van der Waals surface area contributed by atoms with Gasteiger partial charge in [0.05, 0.1) is 28.8 Å². The van der Waals surface area contributed by atoms with Crippen LogP contribution in [-0.2, 0) is 5.54 Å². The van der Waals surface area contributed by atoms with E-state index >= 15 is 0 Å². The maximum absolute atomic E-state index is 12.7. The standard InChI is InChI=1S/C23H29IN6O/c1-22(2)9-7-15(8-10-22)19-17(29-21(31)20-26-14-16(13-25)28-20)5-6-18(30-19)23(3,4)27-12-11-24/h5-7,14,27H,8-12H2,1-4H3,(H,26,28)(H,29,31). The molecule has 2 heterocycles. The van der Waals surface area contributed by atoms with Crippen LogP contribution >= 0.6 is 22.6 Å². The first kappa shape index (κ1) is 23.4. The van der Waals surface area contributed by atoms with Gasteiger partial charge in [-0.15, -0.1) is 0 Å². The molecule has 3 N–H and O–H groups in total. The van der Waals surface area contributed by atoms with Crippen molar-refractivity contribution in [3.05, 3.63) is 47.3 Å². The zero-order chi connectivity index (χ0) is 22.6. The summed E-state index contributed by atoms with van der Waals surface area (Å²) in [5.74, 6) is -0.286. The highest BCUT2D eigenvalue weighted by molar-refractivity contribution is 14.1. The molecule has 0 atom stereocenters. The minimum Gasteiger partial charge on any atom is -0.326 e. The van der Waals surface area contributed by atoms with E-state index in [0.717, 1.165) is 47.2 Å². The van der Waals surface area contributed by atoms with Crippen molar-refractivity contribution >= 4 is 39.8 Å². The average Bonchev–Trinajstić information content (AvgIpc) is 3.22. The van der Waals surface area contributed by atoms with Crippen LogP contribution in [0.2, 0.25) is 0 Å². The van der Waals surface area contributed by atoms with Crippen molar-refractivity contribution in [1.82, 2.24) is 20.3 Å². The number of amides is 1. The summed E-state index contributed by atoms with van der Waals surface area (Å²) in [6.45, 7) is 9.67. The van der Waals surface area contributed by atoms with Gasteiger partial charge in [-0.25, -0.2) is 9.97 Å². The number of anilines is 1. The summed E-state index contributed by atoms with van der Waals surface area (Å²) in [5.41, 5.74) is 3.77. The van der Waals surface area contributed by atoms with Gasteiger partial charge in [0.2, 0.25) is 0 Å². The van der Waals surface area contributed by atoms with Crippen molar-refractivity contribution in [1.29, 1.82) is 5.26 Å². The lowest BCUT2D eigenvalue weighted by Gasteiger charge is -2.30. The van der Waals surface area contributed by atoms with Crippen molar-refractivity contribution < 1.29 is 4.79 Å². The second-order valence-electron chi connectivity index (χ2n) is 9.14. The number of nitrogens with one attached hydrogen (secondary N) is 3. The van der Waals surface area contributed by atoms with E-state index in [4.69, 9.17) is 10.2 Å². The maximum Gasteiger partial charge on any atom is 0.291 e. The van der Waals surface area contributed by atoms with Crippen LogP contribution in [0.1, 0.15) is 74.7 Å². The van der Waals surface area contributed by atoms with Crippen LogP contribution in [0.25, 0.3) is 5.57 Å². The molecule has 0 aliphatic heterocycles. The lowest BCUT2D eigenvalue weighted by atomic mass is 9.77. The largest absolute Gasteiger partial charge is 0.326 e. The number of alkyl halides is 1. The Hall–Kier alpha value is -2.25. The normalized spacial score (nSPS) is 15.8. The third-order valence-corrected chi connectivity index (χ3v) is 6.17. The van der Waals surface area contributed by atoms with E-state index in [-0.39, 0.29) is 22.5 Å². The molecular formula is C23H29IN6O. The fourth-order valence-corrected chi connectivity index (χ4v) is 3.84. The number of allylic oxidation sites excluding steroid dienone is 2.